The van der Waals surface area contributed by atoms with Gasteiger partial charge in [-0.3, -0.25) is 10.1 Å². The third-order valence-corrected chi connectivity index (χ3v) is 5.41. The number of benzene rings is 3. The lowest BCUT2D eigenvalue weighted by molar-refractivity contribution is -0.140. The highest BCUT2D eigenvalue weighted by Crippen LogP contribution is 2.34. The summed E-state index contributed by atoms with van der Waals surface area (Å²) < 4.78 is 11.7. The van der Waals surface area contributed by atoms with Crippen molar-refractivity contribution in [3.8, 4) is 5.75 Å². The van der Waals surface area contributed by atoms with Gasteiger partial charge in [0.05, 0.1) is 12.4 Å². The van der Waals surface area contributed by atoms with Crippen molar-refractivity contribution in [2.45, 2.75) is 18.9 Å². The van der Waals surface area contributed by atoms with Crippen LogP contribution in [0.15, 0.2) is 65.1 Å². The summed E-state index contributed by atoms with van der Waals surface area (Å²) in [7, 11) is 0. The van der Waals surface area contributed by atoms with E-state index in [0.717, 1.165) is 15.4 Å². The predicted molar refractivity (Wildman–Crippen MR) is 127 cm³/mol. The zero-order valence-electron chi connectivity index (χ0n) is 16.6. The normalized spacial score (nSPS) is 11.7. The van der Waals surface area contributed by atoms with Gasteiger partial charge in [0.25, 0.3) is 0 Å². The van der Waals surface area contributed by atoms with Crippen molar-refractivity contribution >= 4 is 57.1 Å². The number of carbonyl (C=O) groups excluding carboxylic acids is 2. The van der Waals surface area contributed by atoms with Gasteiger partial charge < -0.3 is 14.6 Å². The molecule has 0 aliphatic carbocycles. The van der Waals surface area contributed by atoms with Crippen molar-refractivity contribution in [3.63, 3.8) is 0 Å². The number of hydrogen-bond acceptors (Lipinski definition) is 6. The van der Waals surface area contributed by atoms with Gasteiger partial charge in [0, 0.05) is 21.1 Å². The Morgan fingerprint density at radius 1 is 1.03 bits per heavy atom. The molecule has 0 unspecified atom stereocenters. The van der Waals surface area contributed by atoms with Gasteiger partial charge >= 0.3 is 12.1 Å². The fourth-order valence-electron chi connectivity index (χ4n) is 3.18. The minimum Gasteiger partial charge on any atom is -0.507 e. The summed E-state index contributed by atoms with van der Waals surface area (Å²) in [5.41, 5.74) is 1.37. The lowest BCUT2D eigenvalue weighted by Crippen LogP contribution is -2.18. The minimum atomic E-state index is -0.601. The molecule has 0 bridgehead atoms. The Labute approximate surface area is 194 Å². The van der Waals surface area contributed by atoms with E-state index in [1.165, 1.54) is 0 Å². The second-order valence-corrected chi connectivity index (χ2v) is 8.00. The zero-order chi connectivity index (χ0) is 22.2. The molecule has 6 nitrogen and oxygen atoms in total. The van der Waals surface area contributed by atoms with E-state index in [9.17, 15) is 14.7 Å². The smallest absolute Gasteiger partial charge is 0.412 e. The highest BCUT2D eigenvalue weighted by Gasteiger charge is 2.20. The van der Waals surface area contributed by atoms with E-state index in [2.05, 4.69) is 33.9 Å². The fraction of sp³-hybridized carbons (Fsp3) is 0.217. The van der Waals surface area contributed by atoms with E-state index in [0.29, 0.717) is 23.9 Å². The number of halogens is 1. The summed E-state index contributed by atoms with van der Waals surface area (Å²) in [5.74, 6) is -0.234. The molecule has 0 radical (unpaired) electrons. The molecule has 0 heterocycles. The Balaban J connectivity index is 1.79. The number of phenolic OH excluding ortho intramolecular Hbond substituents is 1. The maximum absolute atomic E-state index is 12.6. The molecule has 0 aliphatic rings. The van der Waals surface area contributed by atoms with Crippen LogP contribution in [0, 0.1) is 0 Å². The van der Waals surface area contributed by atoms with Gasteiger partial charge in [0.2, 0.25) is 0 Å². The second-order valence-electron chi connectivity index (χ2n) is 6.77. The Bertz CT molecular complexity index is 1060. The van der Waals surface area contributed by atoms with Crippen LogP contribution in [0.25, 0.3) is 10.8 Å². The number of thiol groups is 1. The standard InChI is InChI=1S/C23H22BrNO5S/c24-15-7-9-16(10-8-15)25-23(28)30-21(6-3-13-29-22(27)14-31)19-11-12-20(26)18-5-2-1-4-17(18)19/h1-2,4-5,7-12,21,26,31H,3,6,13-14H2,(H,25,28)/t21-/m0/s1. The number of hydrogen-bond donors (Lipinski definition) is 3. The SMILES string of the molecule is O=C(CS)OCCC[C@H](OC(=O)Nc1ccc(Br)cc1)c1ccc(O)c2ccccc12. The van der Waals surface area contributed by atoms with Crippen LogP contribution in [0.1, 0.15) is 24.5 Å². The summed E-state index contributed by atoms with van der Waals surface area (Å²) in [6, 6.07) is 17.8. The van der Waals surface area contributed by atoms with Crippen LogP contribution in [0.4, 0.5) is 10.5 Å². The van der Waals surface area contributed by atoms with Crippen LogP contribution < -0.4 is 5.32 Å². The van der Waals surface area contributed by atoms with E-state index in [-0.39, 0.29) is 18.1 Å². The summed E-state index contributed by atoms with van der Waals surface area (Å²) in [5, 5.41) is 14.4. The van der Waals surface area contributed by atoms with Gasteiger partial charge in [-0.05, 0) is 48.6 Å². The lowest BCUT2D eigenvalue weighted by atomic mass is 9.97. The average Bonchev–Trinajstić information content (AvgIpc) is 2.78. The molecular formula is C23H22BrNO5S. The summed E-state index contributed by atoms with van der Waals surface area (Å²) in [6.07, 6.45) is -0.277. The maximum atomic E-state index is 12.6. The Hall–Kier alpha value is -2.71. The number of rotatable bonds is 8. The molecule has 3 aromatic rings. The van der Waals surface area contributed by atoms with Crippen molar-refractivity contribution in [2.24, 2.45) is 0 Å². The van der Waals surface area contributed by atoms with E-state index < -0.39 is 18.2 Å². The van der Waals surface area contributed by atoms with Gasteiger partial charge in [-0.15, -0.1) is 0 Å². The Morgan fingerprint density at radius 2 is 1.74 bits per heavy atom. The highest BCUT2D eigenvalue weighted by molar-refractivity contribution is 9.10. The molecule has 3 aromatic carbocycles. The first-order chi connectivity index (χ1) is 15.0. The summed E-state index contributed by atoms with van der Waals surface area (Å²) in [6.45, 7) is 0.198. The lowest BCUT2D eigenvalue weighted by Gasteiger charge is -2.21. The van der Waals surface area contributed by atoms with E-state index in [1.807, 2.05) is 36.4 Å². The van der Waals surface area contributed by atoms with Crippen molar-refractivity contribution in [1.29, 1.82) is 0 Å². The van der Waals surface area contributed by atoms with Gasteiger partial charge in [-0.2, -0.15) is 12.6 Å². The zero-order valence-corrected chi connectivity index (χ0v) is 19.1. The summed E-state index contributed by atoms with van der Waals surface area (Å²) in [4.78, 5) is 23.9. The second kappa shape index (κ2) is 11.1. The highest BCUT2D eigenvalue weighted by atomic mass is 79.9. The quantitative estimate of drug-likeness (QED) is 0.204. The first-order valence-electron chi connectivity index (χ1n) is 9.68. The molecule has 0 aromatic heterocycles. The predicted octanol–water partition coefficient (Wildman–Crippen LogP) is 5.85. The molecule has 1 amide bonds. The van der Waals surface area contributed by atoms with Crippen LogP contribution in [-0.4, -0.2) is 29.5 Å². The third-order valence-electron chi connectivity index (χ3n) is 4.62. The molecule has 2 N–H and O–H groups in total. The molecule has 0 aliphatic heterocycles. The number of phenols is 1. The molecule has 8 heteroatoms. The van der Waals surface area contributed by atoms with Gasteiger partial charge in [0.1, 0.15) is 11.9 Å². The molecule has 31 heavy (non-hydrogen) atoms. The Kier molecular flexibility index (Phi) is 8.20. The number of carbonyl (C=O) groups is 2. The number of amides is 1. The van der Waals surface area contributed by atoms with Crippen LogP contribution in [0.5, 0.6) is 5.75 Å². The first-order valence-corrected chi connectivity index (χ1v) is 11.1. The maximum Gasteiger partial charge on any atom is 0.412 e. The van der Waals surface area contributed by atoms with E-state index in [1.54, 1.807) is 24.3 Å². The number of ether oxygens (including phenoxy) is 2. The minimum absolute atomic E-state index is 0.0120. The molecular weight excluding hydrogens is 482 g/mol. The first kappa shape index (κ1) is 23.0. The Morgan fingerprint density at radius 3 is 2.45 bits per heavy atom. The number of aromatic hydroxyl groups is 1. The molecule has 0 fully saturated rings. The van der Waals surface area contributed by atoms with Gasteiger partial charge in [-0.25, -0.2) is 4.79 Å². The average molecular weight is 504 g/mol. The number of fused-ring (bicyclic) bond motifs is 1. The van der Waals surface area contributed by atoms with Crippen LogP contribution in [0.3, 0.4) is 0 Å². The molecule has 3 rings (SSSR count). The fourth-order valence-corrected chi connectivity index (χ4v) is 3.53. The molecule has 0 saturated carbocycles. The van der Waals surface area contributed by atoms with Crippen molar-refractivity contribution in [2.75, 3.05) is 17.7 Å². The van der Waals surface area contributed by atoms with E-state index in [4.69, 9.17) is 9.47 Å². The van der Waals surface area contributed by atoms with Crippen molar-refractivity contribution < 1.29 is 24.2 Å². The third kappa shape index (κ3) is 6.38. The van der Waals surface area contributed by atoms with Crippen molar-refractivity contribution in [1.82, 2.24) is 0 Å². The van der Waals surface area contributed by atoms with Crippen LogP contribution in [-0.2, 0) is 14.3 Å². The summed E-state index contributed by atoms with van der Waals surface area (Å²) >= 11 is 7.24. The van der Waals surface area contributed by atoms with E-state index >= 15 is 0 Å². The van der Waals surface area contributed by atoms with Crippen LogP contribution >= 0.6 is 28.6 Å². The molecule has 0 spiro atoms. The molecule has 1 atom stereocenters. The number of nitrogens with one attached hydrogen (secondary N) is 1. The van der Waals surface area contributed by atoms with Crippen LogP contribution in [0.2, 0.25) is 0 Å². The topological polar surface area (TPSA) is 84.9 Å². The molecule has 0 saturated heterocycles. The molecule has 162 valence electrons. The van der Waals surface area contributed by atoms with Crippen molar-refractivity contribution in [3.05, 3.63) is 70.7 Å². The number of anilines is 1. The number of esters is 1. The largest absolute Gasteiger partial charge is 0.507 e. The van der Waals surface area contributed by atoms with Gasteiger partial charge in [-0.1, -0.05) is 46.3 Å². The van der Waals surface area contributed by atoms with Gasteiger partial charge in [0.15, 0.2) is 0 Å². The monoisotopic (exact) mass is 503 g/mol.